The number of isothiocyanates is 2. The van der Waals surface area contributed by atoms with Crippen molar-refractivity contribution < 1.29 is 27.3 Å². The van der Waals surface area contributed by atoms with Crippen molar-refractivity contribution in [2.75, 3.05) is 14.2 Å². The molecule has 0 saturated carbocycles. The van der Waals surface area contributed by atoms with Crippen LogP contribution in [0.25, 0.3) is 53.9 Å². The number of benzene rings is 2. The van der Waals surface area contributed by atoms with E-state index in [9.17, 15) is 38.4 Å². The summed E-state index contributed by atoms with van der Waals surface area (Å²) >= 11 is 7.40. The monoisotopic (exact) mass is 1030 g/mol. The number of hydrogen-bond acceptors (Lipinski definition) is 16. The zero-order chi connectivity index (χ0) is 51.1. The third-order valence-corrected chi connectivity index (χ3v) is 10.4. The second-order valence-electron chi connectivity index (χ2n) is 14.3. The molecule has 0 aliphatic heterocycles. The van der Waals surface area contributed by atoms with E-state index in [1.807, 2.05) is 0 Å². The van der Waals surface area contributed by atoms with Crippen molar-refractivity contribution in [3.8, 4) is 0 Å². The van der Waals surface area contributed by atoms with Crippen LogP contribution in [0.5, 0.6) is 0 Å². The van der Waals surface area contributed by atoms with Crippen molar-refractivity contribution >= 4 is 77.8 Å². The number of pyridine rings is 4. The fourth-order valence-corrected chi connectivity index (χ4v) is 7.42. The predicted molar refractivity (Wildman–Crippen MR) is 271 cm³/mol. The molecule has 2 N–H and O–H groups in total. The molecule has 8 heterocycles. The fraction of sp³-hybridized carbons (Fsp3) is 0.125. The summed E-state index contributed by atoms with van der Waals surface area (Å²) < 4.78 is 4.39. The van der Waals surface area contributed by atoms with Crippen molar-refractivity contribution in [3.63, 3.8) is 0 Å². The Labute approximate surface area is 420 Å². The summed E-state index contributed by atoms with van der Waals surface area (Å²) in [6.07, 6.45) is 12.7. The van der Waals surface area contributed by atoms with Gasteiger partial charge in [0.25, 0.3) is 44.5 Å². The van der Waals surface area contributed by atoms with Gasteiger partial charge in [-0.1, -0.05) is 48.7 Å². The SMILES string of the molecule is CO.CO.O=c1c2cc3c(=O)n(Cc4cccnc4)c(=O)c3cc2c(=O)n1Cc1cccnc1.O=c1c2cc3c(=O)n(Cc4cccnc4)c(=O)c3cc2c(=O)n1Cc1cccnc1.[Mn+2].[N-]=C=S.[N-]=C=S. The van der Waals surface area contributed by atoms with Gasteiger partial charge in [-0.05, 0) is 70.8 Å². The standard InChI is InChI=1S/2C22H14N4O4.2CNS.2CH4O.Mn/c2*27-19-15-7-17-18(22(30)26(21(17)29)12-14-4-2-6-24-10-14)8-16(15)20(28)25(19)11-13-3-1-5-23-9-13;2*2-1-3;2*1-2;/h2*1-10H,11-12H2;;;2*2H,1H3;/q;;2*-1;;;+2. The van der Waals surface area contributed by atoms with E-state index >= 15 is 0 Å². The Bertz CT molecular complexity index is 3300. The molecule has 0 fully saturated rings. The Morgan fingerprint density at radius 3 is 0.676 bits per heavy atom. The molecule has 0 amide bonds. The summed E-state index contributed by atoms with van der Waals surface area (Å²) in [6, 6.07) is 19.4. The molecule has 8 aromatic heterocycles. The zero-order valence-corrected chi connectivity index (χ0v) is 40.0. The number of hydrogen-bond donors (Lipinski definition) is 2. The second-order valence-corrected chi connectivity index (χ2v) is 14.7. The van der Waals surface area contributed by atoms with Crippen LogP contribution in [-0.4, -0.2) is 73.0 Å². The minimum absolute atomic E-state index is 0. The average molecular weight is 1030 g/mol. The van der Waals surface area contributed by atoms with E-state index < -0.39 is 44.5 Å². The van der Waals surface area contributed by atoms with E-state index in [2.05, 4.69) is 44.4 Å². The summed E-state index contributed by atoms with van der Waals surface area (Å²) in [5.74, 6) is 0. The normalized spacial score (nSPS) is 10.1. The number of fused-ring (bicyclic) bond motifs is 4. The Kier molecular flexibility index (Phi) is 20.1. The molecule has 20 nitrogen and oxygen atoms in total. The van der Waals surface area contributed by atoms with Gasteiger partial charge in [0, 0.05) is 63.8 Å². The molecule has 23 heteroatoms. The molecule has 0 unspecified atom stereocenters. The van der Waals surface area contributed by atoms with E-state index in [0.29, 0.717) is 22.3 Å². The van der Waals surface area contributed by atoms with Crippen molar-refractivity contribution in [2.45, 2.75) is 26.2 Å². The van der Waals surface area contributed by atoms with E-state index in [4.69, 9.17) is 21.0 Å². The van der Waals surface area contributed by atoms with Crippen LogP contribution < -0.4 is 44.5 Å². The Balaban J connectivity index is 0.000000258. The Morgan fingerprint density at radius 2 is 0.549 bits per heavy atom. The van der Waals surface area contributed by atoms with Crippen LogP contribution in [-0.2, 0) is 43.2 Å². The van der Waals surface area contributed by atoms with E-state index in [0.717, 1.165) is 32.5 Å². The van der Waals surface area contributed by atoms with Crippen LogP contribution in [0.1, 0.15) is 22.3 Å². The summed E-state index contributed by atoms with van der Waals surface area (Å²) in [5.41, 5.74) is -1.13. The van der Waals surface area contributed by atoms with Crippen LogP contribution in [0.15, 0.2) is 161 Å². The zero-order valence-electron chi connectivity index (χ0n) is 37.2. The molecule has 10 aromatic rings. The Morgan fingerprint density at radius 1 is 0.394 bits per heavy atom. The minimum Gasteiger partial charge on any atom is -0.753 e. The van der Waals surface area contributed by atoms with Crippen LogP contribution in [0.3, 0.4) is 0 Å². The third kappa shape index (κ3) is 11.9. The van der Waals surface area contributed by atoms with Crippen molar-refractivity contribution in [2.24, 2.45) is 0 Å². The molecular formula is C48H36MnN10O10S2. The minimum atomic E-state index is -0.493. The first-order chi connectivity index (χ1) is 33.9. The molecule has 0 aliphatic rings. The maximum Gasteiger partial charge on any atom is 2.00 e. The van der Waals surface area contributed by atoms with Gasteiger partial charge in [0.2, 0.25) is 0 Å². The first-order valence-corrected chi connectivity index (χ1v) is 21.0. The third-order valence-electron chi connectivity index (χ3n) is 10.4. The molecular weight excluding hydrogens is 996 g/mol. The molecule has 357 valence electrons. The van der Waals surface area contributed by atoms with Crippen LogP contribution in [0, 0.1) is 0 Å². The smallest absolute Gasteiger partial charge is 0.753 e. The first kappa shape index (κ1) is 55.2. The summed E-state index contributed by atoms with van der Waals surface area (Å²) in [4.78, 5) is 119. The van der Waals surface area contributed by atoms with Gasteiger partial charge in [-0.25, -0.2) is 0 Å². The van der Waals surface area contributed by atoms with E-state index in [1.54, 1.807) is 98.1 Å². The quantitative estimate of drug-likeness (QED) is 0.125. The van der Waals surface area contributed by atoms with Gasteiger partial charge in [0.05, 0.1) is 69.3 Å². The van der Waals surface area contributed by atoms with E-state index in [1.165, 1.54) is 34.6 Å². The topological polar surface area (TPSA) is 293 Å². The van der Waals surface area contributed by atoms with Crippen LogP contribution >= 0.6 is 24.4 Å². The maximum absolute atomic E-state index is 12.8. The number of thiocarbonyl (C=S) groups is 2. The van der Waals surface area contributed by atoms with Gasteiger partial charge >= 0.3 is 17.1 Å². The van der Waals surface area contributed by atoms with Crippen molar-refractivity contribution in [1.82, 2.24) is 38.2 Å². The maximum atomic E-state index is 12.8. The van der Waals surface area contributed by atoms with E-state index in [-0.39, 0.29) is 86.3 Å². The van der Waals surface area contributed by atoms with Gasteiger partial charge < -0.3 is 21.0 Å². The molecule has 0 spiro atoms. The number of aromatic nitrogens is 8. The second kappa shape index (κ2) is 25.8. The van der Waals surface area contributed by atoms with Crippen LogP contribution in [0.2, 0.25) is 0 Å². The summed E-state index contributed by atoms with van der Waals surface area (Å²) in [6.45, 7) is 0.277. The van der Waals surface area contributed by atoms with Crippen LogP contribution in [0.4, 0.5) is 0 Å². The number of aliphatic hydroxyl groups is 2. The summed E-state index contributed by atoms with van der Waals surface area (Å²) in [5, 5.41) is 32.0. The van der Waals surface area contributed by atoms with Gasteiger partial charge in [-0.2, -0.15) is 10.3 Å². The molecule has 0 saturated heterocycles. The summed E-state index contributed by atoms with van der Waals surface area (Å²) in [7, 11) is 2.00. The van der Waals surface area contributed by atoms with Crippen molar-refractivity contribution in [3.05, 3.63) is 238 Å². The van der Waals surface area contributed by atoms with Gasteiger partial charge in [0.1, 0.15) is 0 Å². The molecule has 2 aromatic carbocycles. The number of nitrogens with zero attached hydrogens (tertiary/aromatic N) is 10. The van der Waals surface area contributed by atoms with Gasteiger partial charge in [-0.15, -0.1) is 0 Å². The fourth-order valence-electron chi connectivity index (χ4n) is 7.42. The van der Waals surface area contributed by atoms with Gasteiger partial charge in [0.15, 0.2) is 0 Å². The van der Waals surface area contributed by atoms with Gasteiger partial charge in [-0.3, -0.25) is 76.6 Å². The molecule has 1 radical (unpaired) electrons. The first-order valence-electron chi connectivity index (χ1n) is 20.2. The molecule has 0 atom stereocenters. The molecule has 0 aliphatic carbocycles. The Hall–Kier alpha value is -8.36. The largest absolute Gasteiger partial charge is 2.00 e. The molecule has 0 bridgehead atoms. The number of aliphatic hydroxyl groups excluding tert-OH is 2. The number of rotatable bonds is 8. The predicted octanol–water partition coefficient (Wildman–Crippen LogP) is 2.13. The molecule has 10 rings (SSSR count). The average Bonchev–Trinajstić information content (AvgIpc) is 3.96. The molecule has 71 heavy (non-hydrogen) atoms. The van der Waals surface area contributed by atoms with Crippen molar-refractivity contribution in [1.29, 1.82) is 0 Å².